The van der Waals surface area contributed by atoms with E-state index < -0.39 is 10.9 Å². The van der Waals surface area contributed by atoms with Gasteiger partial charge in [0, 0.05) is 16.3 Å². The molecule has 166 valence electrons. The molecule has 6 nitrogen and oxygen atoms in total. The fourth-order valence-electron chi connectivity index (χ4n) is 3.32. The molecule has 0 bridgehead atoms. The molecule has 0 aliphatic rings. The average Bonchev–Trinajstić information content (AvgIpc) is 2.83. The maximum atomic E-state index is 12.7. The summed E-state index contributed by atoms with van der Waals surface area (Å²) >= 11 is 5.89. The van der Waals surface area contributed by atoms with Gasteiger partial charge in [-0.1, -0.05) is 54.1 Å². The van der Waals surface area contributed by atoms with Crippen molar-refractivity contribution in [1.82, 2.24) is 0 Å². The zero-order chi connectivity index (χ0) is 23.4. The number of hydrogen-bond donors (Lipinski definition) is 3. The lowest BCUT2D eigenvalue weighted by molar-refractivity contribution is 0.102. The van der Waals surface area contributed by atoms with E-state index in [0.717, 1.165) is 15.4 Å². The van der Waals surface area contributed by atoms with Crippen LogP contribution in [-0.4, -0.2) is 19.4 Å². The van der Waals surface area contributed by atoms with Crippen molar-refractivity contribution in [2.45, 2.75) is 0 Å². The number of aromatic hydroxyl groups is 1. The van der Waals surface area contributed by atoms with Gasteiger partial charge in [0.1, 0.15) is 11.4 Å². The number of nitrogens with one attached hydrogen (secondary N) is 1. The molecule has 4 aromatic carbocycles. The van der Waals surface area contributed by atoms with Gasteiger partial charge in [0.15, 0.2) is 0 Å². The van der Waals surface area contributed by atoms with Crippen LogP contribution in [0.1, 0.15) is 10.4 Å². The van der Waals surface area contributed by atoms with Crippen LogP contribution in [0.15, 0.2) is 97.1 Å². The largest absolute Gasteiger partial charge is 0.506 e. The number of carbonyl (C=O) groups is 1. The van der Waals surface area contributed by atoms with Gasteiger partial charge in [-0.3, -0.25) is 4.79 Å². The molecular formula is C25H19ClN2O4S. The van der Waals surface area contributed by atoms with E-state index in [0.29, 0.717) is 22.0 Å². The first kappa shape index (κ1) is 22.4. The number of phenols is 1. The molecule has 0 unspecified atom stereocenters. The summed E-state index contributed by atoms with van der Waals surface area (Å²) in [4.78, 5) is 12.7. The Balaban J connectivity index is 1.58. The van der Waals surface area contributed by atoms with E-state index in [1.54, 1.807) is 24.3 Å². The molecule has 2 N–H and O–H groups in total. The molecule has 0 fully saturated rings. The third-order valence-electron chi connectivity index (χ3n) is 4.95. The van der Waals surface area contributed by atoms with Crippen molar-refractivity contribution >= 4 is 45.5 Å². The number of nitrogens with zero attached hydrogens (tertiary/aromatic N) is 1. The van der Waals surface area contributed by atoms with Crippen LogP contribution >= 0.6 is 11.6 Å². The Bertz CT molecular complexity index is 1350. The Morgan fingerprint density at radius 2 is 1.45 bits per heavy atom. The number of anilines is 3. The first-order valence-electron chi connectivity index (χ1n) is 9.92. The maximum absolute atomic E-state index is 12.7. The fourth-order valence-corrected chi connectivity index (χ4v) is 4.11. The highest BCUT2D eigenvalue weighted by Gasteiger charge is 2.17. The summed E-state index contributed by atoms with van der Waals surface area (Å²) in [5.41, 5.74) is 3.10. The Morgan fingerprint density at radius 3 is 2.09 bits per heavy atom. The van der Waals surface area contributed by atoms with E-state index in [1.165, 1.54) is 30.3 Å². The summed E-state index contributed by atoms with van der Waals surface area (Å²) in [7, 11) is -3.13. The monoisotopic (exact) mass is 478 g/mol. The summed E-state index contributed by atoms with van der Waals surface area (Å²) in [5, 5.41) is 13.5. The predicted octanol–water partition coefficient (Wildman–Crippen LogP) is 5.63. The summed E-state index contributed by atoms with van der Waals surface area (Å²) < 4.78 is 24.9. The van der Waals surface area contributed by atoms with E-state index in [9.17, 15) is 18.3 Å². The summed E-state index contributed by atoms with van der Waals surface area (Å²) in [5.74, 6) is -0.620. The van der Waals surface area contributed by atoms with Gasteiger partial charge in [-0.25, -0.2) is 12.7 Å². The highest BCUT2D eigenvalue weighted by molar-refractivity contribution is 7.74. The van der Waals surface area contributed by atoms with Gasteiger partial charge in [-0.2, -0.15) is 0 Å². The van der Waals surface area contributed by atoms with Crippen LogP contribution in [0.3, 0.4) is 0 Å². The van der Waals surface area contributed by atoms with Crippen LogP contribution in [-0.2, 0) is 10.9 Å². The molecule has 1 amide bonds. The molecule has 0 heterocycles. The second-order valence-electron chi connectivity index (χ2n) is 7.13. The van der Waals surface area contributed by atoms with Crippen molar-refractivity contribution in [3.05, 3.63) is 108 Å². The zero-order valence-corrected chi connectivity index (χ0v) is 18.8. The molecule has 0 radical (unpaired) electrons. The highest BCUT2D eigenvalue weighted by Crippen LogP contribution is 2.36. The minimum atomic E-state index is -3.13. The van der Waals surface area contributed by atoms with Crippen LogP contribution in [0.5, 0.6) is 5.75 Å². The molecule has 4 rings (SSSR count). The standard InChI is InChI=1S/C25H19ClN2O4S/c26-20-10-13-22(14-11-20)28(33(31)32)23-16-21(12-15-24(23)29)27-25(30)19-8-6-18(7-9-19)17-4-2-1-3-5-17/h1-16,29,33H,(H,27,30). The lowest BCUT2D eigenvalue weighted by Crippen LogP contribution is -2.16. The predicted molar refractivity (Wildman–Crippen MR) is 132 cm³/mol. The molecule has 0 aliphatic heterocycles. The SMILES string of the molecule is O=C(Nc1ccc(O)c(N(c2ccc(Cl)cc2)[SH](=O)=O)c1)c1ccc(-c2ccccc2)cc1. The van der Waals surface area contributed by atoms with Gasteiger partial charge in [0.05, 0.1) is 5.69 Å². The van der Waals surface area contributed by atoms with E-state index in [-0.39, 0.29) is 17.3 Å². The molecule has 0 atom stereocenters. The highest BCUT2D eigenvalue weighted by atomic mass is 35.5. The summed E-state index contributed by atoms with van der Waals surface area (Å²) in [6.45, 7) is 0. The van der Waals surface area contributed by atoms with Crippen LogP contribution in [0.4, 0.5) is 17.1 Å². The lowest BCUT2D eigenvalue weighted by atomic mass is 10.0. The van der Waals surface area contributed by atoms with Gasteiger partial charge in [0.25, 0.3) is 5.91 Å². The molecule has 0 spiro atoms. The minimum Gasteiger partial charge on any atom is -0.506 e. The van der Waals surface area contributed by atoms with Crippen molar-refractivity contribution in [3.8, 4) is 16.9 Å². The number of rotatable bonds is 6. The Morgan fingerprint density at radius 1 is 0.818 bits per heavy atom. The molecule has 33 heavy (non-hydrogen) atoms. The Kier molecular flexibility index (Phi) is 6.63. The van der Waals surface area contributed by atoms with Crippen LogP contribution in [0, 0.1) is 0 Å². The maximum Gasteiger partial charge on any atom is 0.255 e. The second kappa shape index (κ2) is 9.77. The summed E-state index contributed by atoms with van der Waals surface area (Å²) in [6.07, 6.45) is 0. The van der Waals surface area contributed by atoms with Crippen molar-refractivity contribution < 1.29 is 18.3 Å². The minimum absolute atomic E-state index is 0.00524. The number of amides is 1. The van der Waals surface area contributed by atoms with Gasteiger partial charge in [-0.05, 0) is 65.7 Å². The molecule has 4 aromatic rings. The number of hydrogen-bond acceptors (Lipinski definition) is 4. The van der Waals surface area contributed by atoms with Crippen molar-refractivity contribution in [3.63, 3.8) is 0 Å². The van der Waals surface area contributed by atoms with E-state index in [4.69, 9.17) is 11.6 Å². The Labute approximate surface area is 197 Å². The lowest BCUT2D eigenvalue weighted by Gasteiger charge is -2.20. The molecule has 0 aromatic heterocycles. The number of halogens is 1. The van der Waals surface area contributed by atoms with Gasteiger partial charge in [0.2, 0.25) is 10.9 Å². The van der Waals surface area contributed by atoms with E-state index >= 15 is 0 Å². The van der Waals surface area contributed by atoms with Crippen molar-refractivity contribution in [2.24, 2.45) is 0 Å². The molecular weight excluding hydrogens is 460 g/mol. The average molecular weight is 479 g/mol. The van der Waals surface area contributed by atoms with E-state index in [1.807, 2.05) is 42.5 Å². The molecule has 0 saturated carbocycles. The van der Waals surface area contributed by atoms with Crippen LogP contribution in [0.25, 0.3) is 11.1 Å². The smallest absolute Gasteiger partial charge is 0.255 e. The van der Waals surface area contributed by atoms with Crippen LogP contribution < -0.4 is 9.62 Å². The Hall–Kier alpha value is -3.81. The normalized spacial score (nSPS) is 10.7. The second-order valence-corrected chi connectivity index (χ2v) is 8.44. The first-order chi connectivity index (χ1) is 15.9. The first-order valence-corrected chi connectivity index (χ1v) is 11.4. The number of carbonyl (C=O) groups excluding carboxylic acids is 1. The van der Waals surface area contributed by atoms with Gasteiger partial charge < -0.3 is 10.4 Å². The van der Waals surface area contributed by atoms with Gasteiger partial charge in [-0.15, -0.1) is 0 Å². The number of benzene rings is 4. The topological polar surface area (TPSA) is 86.7 Å². The van der Waals surface area contributed by atoms with Crippen molar-refractivity contribution in [2.75, 3.05) is 9.62 Å². The third kappa shape index (κ3) is 5.16. The fraction of sp³-hybridized carbons (Fsp3) is 0. The quantitative estimate of drug-likeness (QED) is 0.247. The zero-order valence-electron chi connectivity index (χ0n) is 17.2. The van der Waals surface area contributed by atoms with Crippen molar-refractivity contribution in [1.29, 1.82) is 0 Å². The third-order valence-corrected chi connectivity index (χ3v) is 5.98. The number of phenolic OH excluding ortho intramolecular Hbond substituents is 1. The molecule has 0 saturated heterocycles. The summed E-state index contributed by atoms with van der Waals surface area (Å²) in [6, 6.07) is 27.3. The molecule has 8 heteroatoms. The van der Waals surface area contributed by atoms with Gasteiger partial charge >= 0.3 is 0 Å². The van der Waals surface area contributed by atoms with E-state index in [2.05, 4.69) is 5.32 Å². The molecule has 0 aliphatic carbocycles. The number of thiol groups is 1. The van der Waals surface area contributed by atoms with Crippen LogP contribution in [0.2, 0.25) is 5.02 Å².